The van der Waals surface area contributed by atoms with Crippen LogP contribution in [-0.4, -0.2) is 49.2 Å². The molecule has 0 bridgehead atoms. The highest BCUT2D eigenvalue weighted by Crippen LogP contribution is 2.21. The lowest BCUT2D eigenvalue weighted by atomic mass is 10.1. The molecule has 0 radical (unpaired) electrons. The van der Waals surface area contributed by atoms with Gasteiger partial charge >= 0.3 is 0 Å². The molecule has 30 heavy (non-hydrogen) atoms. The Morgan fingerprint density at radius 3 is 2.33 bits per heavy atom. The molecule has 0 spiro atoms. The number of rotatable bonds is 7. The van der Waals surface area contributed by atoms with E-state index in [-0.39, 0.29) is 19.0 Å². The summed E-state index contributed by atoms with van der Waals surface area (Å²) in [4.78, 5) is 18.3. The molecule has 0 fully saturated rings. The maximum atomic E-state index is 12.7. The molecule has 1 aromatic heterocycles. The van der Waals surface area contributed by atoms with Crippen molar-refractivity contribution in [2.45, 2.75) is 13.5 Å². The molecule has 0 aliphatic carbocycles. The van der Waals surface area contributed by atoms with Crippen LogP contribution in [0.5, 0.6) is 0 Å². The lowest BCUT2D eigenvalue weighted by Gasteiger charge is -2.24. The van der Waals surface area contributed by atoms with E-state index in [2.05, 4.69) is 10.1 Å². The van der Waals surface area contributed by atoms with E-state index in [1.807, 2.05) is 31.2 Å². The van der Waals surface area contributed by atoms with Gasteiger partial charge in [-0.05, 0) is 31.2 Å². The number of anilines is 1. The molecule has 0 aliphatic heterocycles. The molecule has 3 aromatic rings. The van der Waals surface area contributed by atoms with E-state index >= 15 is 0 Å². The number of benzene rings is 2. The fourth-order valence-electron chi connectivity index (χ4n) is 2.68. The number of hydrogen-bond acceptors (Lipinski definition) is 6. The van der Waals surface area contributed by atoms with E-state index in [1.54, 1.807) is 31.3 Å². The average Bonchev–Trinajstić information content (AvgIpc) is 3.15. The minimum atomic E-state index is -3.68. The maximum absolute atomic E-state index is 12.7. The zero-order chi connectivity index (χ0) is 21.9. The molecule has 2 aromatic carbocycles. The zero-order valence-corrected chi connectivity index (χ0v) is 18.3. The summed E-state index contributed by atoms with van der Waals surface area (Å²) < 4.78 is 30.7. The van der Waals surface area contributed by atoms with Gasteiger partial charge in [0.1, 0.15) is 6.54 Å². The smallest absolute Gasteiger partial charge is 0.246 e. The minimum Gasteiger partial charge on any atom is -0.337 e. The van der Waals surface area contributed by atoms with Crippen LogP contribution in [0.2, 0.25) is 5.02 Å². The number of hydrogen-bond donors (Lipinski definition) is 0. The highest BCUT2D eigenvalue weighted by molar-refractivity contribution is 7.92. The molecule has 0 unspecified atom stereocenters. The van der Waals surface area contributed by atoms with Gasteiger partial charge in [0.15, 0.2) is 0 Å². The fourth-order valence-corrected chi connectivity index (χ4v) is 3.66. The average molecular weight is 449 g/mol. The molecule has 0 aliphatic rings. The summed E-state index contributed by atoms with van der Waals surface area (Å²) in [5.41, 5.74) is 2.27. The number of amides is 1. The van der Waals surface area contributed by atoms with Crippen LogP contribution in [0.4, 0.5) is 5.69 Å². The van der Waals surface area contributed by atoms with Gasteiger partial charge in [-0.2, -0.15) is 4.98 Å². The Labute approximate surface area is 180 Å². The first-order valence-corrected chi connectivity index (χ1v) is 11.2. The summed E-state index contributed by atoms with van der Waals surface area (Å²) in [6, 6.07) is 13.9. The van der Waals surface area contributed by atoms with Crippen molar-refractivity contribution in [3.8, 4) is 11.4 Å². The Bertz CT molecular complexity index is 1130. The van der Waals surface area contributed by atoms with E-state index in [4.69, 9.17) is 16.1 Å². The van der Waals surface area contributed by atoms with Gasteiger partial charge in [0, 0.05) is 17.6 Å². The van der Waals surface area contributed by atoms with Gasteiger partial charge in [-0.1, -0.05) is 46.6 Å². The van der Waals surface area contributed by atoms with Crippen LogP contribution in [0.25, 0.3) is 11.4 Å². The number of aryl methyl sites for hydroxylation is 1. The molecule has 3 rings (SSSR count). The molecular formula is C20H21ClN4O4S. The molecule has 0 N–H and O–H groups in total. The van der Waals surface area contributed by atoms with Crippen LogP contribution in [0.1, 0.15) is 11.5 Å². The van der Waals surface area contributed by atoms with E-state index in [9.17, 15) is 13.2 Å². The van der Waals surface area contributed by atoms with Crippen molar-refractivity contribution in [1.29, 1.82) is 0 Å². The van der Waals surface area contributed by atoms with Gasteiger partial charge in [-0.15, -0.1) is 0 Å². The number of carbonyl (C=O) groups is 1. The molecule has 1 heterocycles. The summed E-state index contributed by atoms with van der Waals surface area (Å²) in [6.07, 6.45) is 1.04. The quantitative estimate of drug-likeness (QED) is 0.551. The van der Waals surface area contributed by atoms with Crippen molar-refractivity contribution in [2.75, 3.05) is 24.2 Å². The molecule has 1 amide bonds. The van der Waals surface area contributed by atoms with E-state index in [0.717, 1.165) is 21.7 Å². The van der Waals surface area contributed by atoms with Gasteiger partial charge in [0.2, 0.25) is 27.6 Å². The first-order chi connectivity index (χ1) is 14.1. The molecular weight excluding hydrogens is 428 g/mol. The second kappa shape index (κ2) is 8.85. The third-order valence-corrected chi connectivity index (χ3v) is 5.76. The number of nitrogens with zero attached hydrogens (tertiary/aromatic N) is 4. The number of aromatic nitrogens is 2. The zero-order valence-electron chi connectivity index (χ0n) is 16.7. The SMILES string of the molecule is Cc1ccc(-c2noc(CN(C)C(=O)CN(c3ccc(Cl)cc3)S(C)(=O)=O)n2)cc1. The molecule has 158 valence electrons. The second-order valence-electron chi connectivity index (χ2n) is 6.87. The predicted octanol–water partition coefficient (Wildman–Crippen LogP) is 3.12. The molecule has 0 saturated carbocycles. The van der Waals surface area contributed by atoms with Crippen molar-refractivity contribution < 1.29 is 17.7 Å². The summed E-state index contributed by atoms with van der Waals surface area (Å²) in [5, 5.41) is 4.41. The third kappa shape index (κ3) is 5.37. The first-order valence-electron chi connectivity index (χ1n) is 9.00. The Hall–Kier alpha value is -2.91. The first kappa shape index (κ1) is 21.8. The van der Waals surface area contributed by atoms with Crippen molar-refractivity contribution in [3.05, 3.63) is 65.0 Å². The monoisotopic (exact) mass is 448 g/mol. The molecule has 8 nitrogen and oxygen atoms in total. The topological polar surface area (TPSA) is 96.6 Å². The highest BCUT2D eigenvalue weighted by Gasteiger charge is 2.23. The van der Waals surface area contributed by atoms with Gasteiger partial charge in [-0.3, -0.25) is 9.10 Å². The Morgan fingerprint density at radius 2 is 1.73 bits per heavy atom. The summed E-state index contributed by atoms with van der Waals surface area (Å²) in [6.45, 7) is 1.67. The molecule has 10 heteroatoms. The number of likely N-dealkylation sites (N-methyl/N-ethyl adjacent to an activating group) is 1. The summed E-state index contributed by atoms with van der Waals surface area (Å²) >= 11 is 5.86. The van der Waals surface area contributed by atoms with E-state index < -0.39 is 15.9 Å². The molecule has 0 saturated heterocycles. The van der Waals surface area contributed by atoms with Crippen molar-refractivity contribution in [2.24, 2.45) is 0 Å². The minimum absolute atomic E-state index is 0.0515. The van der Waals surface area contributed by atoms with Crippen LogP contribution in [0, 0.1) is 6.92 Å². The normalized spacial score (nSPS) is 11.3. The number of halogens is 1. The van der Waals surface area contributed by atoms with Crippen LogP contribution in [0.15, 0.2) is 53.1 Å². The van der Waals surface area contributed by atoms with Crippen LogP contribution < -0.4 is 4.31 Å². The van der Waals surface area contributed by atoms with Gasteiger partial charge in [0.25, 0.3) is 0 Å². The second-order valence-corrected chi connectivity index (χ2v) is 9.22. The van der Waals surface area contributed by atoms with Crippen LogP contribution >= 0.6 is 11.6 Å². The lowest BCUT2D eigenvalue weighted by molar-refractivity contribution is -0.129. The van der Waals surface area contributed by atoms with Crippen molar-refractivity contribution >= 4 is 33.2 Å². The lowest BCUT2D eigenvalue weighted by Crippen LogP contribution is -2.41. The van der Waals surface area contributed by atoms with Crippen LogP contribution in [0.3, 0.4) is 0 Å². The van der Waals surface area contributed by atoms with E-state index in [0.29, 0.717) is 16.5 Å². The predicted molar refractivity (Wildman–Crippen MR) is 115 cm³/mol. The standard InChI is InChI=1S/C20H21ClN4O4S/c1-14-4-6-15(7-5-14)20-22-18(29-23-20)12-24(2)19(26)13-25(30(3,27)28)17-10-8-16(21)9-11-17/h4-11H,12-13H2,1-3H3. The molecule has 0 atom stereocenters. The van der Waals surface area contributed by atoms with Gasteiger partial charge in [0.05, 0.1) is 18.5 Å². The maximum Gasteiger partial charge on any atom is 0.246 e. The fraction of sp³-hybridized carbons (Fsp3) is 0.250. The summed E-state index contributed by atoms with van der Waals surface area (Å²) in [7, 11) is -2.13. The van der Waals surface area contributed by atoms with Crippen LogP contribution in [-0.2, 0) is 21.4 Å². The van der Waals surface area contributed by atoms with E-state index in [1.165, 1.54) is 4.90 Å². The third-order valence-electron chi connectivity index (χ3n) is 4.37. The number of carbonyl (C=O) groups excluding carboxylic acids is 1. The Morgan fingerprint density at radius 1 is 1.10 bits per heavy atom. The van der Waals surface area contributed by atoms with Crippen molar-refractivity contribution in [1.82, 2.24) is 15.0 Å². The summed E-state index contributed by atoms with van der Waals surface area (Å²) in [5.74, 6) is 0.245. The highest BCUT2D eigenvalue weighted by atomic mass is 35.5. The van der Waals surface area contributed by atoms with Gasteiger partial charge < -0.3 is 9.42 Å². The van der Waals surface area contributed by atoms with Gasteiger partial charge in [-0.25, -0.2) is 8.42 Å². The Balaban J connectivity index is 1.70. The largest absolute Gasteiger partial charge is 0.337 e. The Kier molecular flexibility index (Phi) is 6.42. The van der Waals surface area contributed by atoms with Crippen molar-refractivity contribution in [3.63, 3.8) is 0 Å². The number of sulfonamides is 1.